The lowest BCUT2D eigenvalue weighted by Gasteiger charge is -2.10. The minimum atomic E-state index is 0.0714. The Hall–Kier alpha value is -1.60. The number of rotatable bonds is 1. The van der Waals surface area contributed by atoms with Crippen molar-refractivity contribution in [2.45, 2.75) is 39.2 Å². The molecule has 0 unspecified atom stereocenters. The van der Waals surface area contributed by atoms with Crippen LogP contribution in [0.25, 0.3) is 10.2 Å². The predicted molar refractivity (Wildman–Crippen MR) is 74.0 cm³/mol. The summed E-state index contributed by atoms with van der Waals surface area (Å²) in [5.41, 5.74) is 1.32. The summed E-state index contributed by atoms with van der Waals surface area (Å²) in [7, 11) is 0. The molecule has 1 aliphatic carbocycles. The molecule has 0 saturated heterocycles. The van der Waals surface area contributed by atoms with Gasteiger partial charge in [-0.15, -0.1) is 17.3 Å². The molecule has 2 heterocycles. The van der Waals surface area contributed by atoms with E-state index in [0.29, 0.717) is 6.54 Å². The van der Waals surface area contributed by atoms with Crippen LogP contribution in [0.4, 0.5) is 0 Å². The minimum absolute atomic E-state index is 0.0714. The third-order valence-electron chi connectivity index (χ3n) is 3.37. The summed E-state index contributed by atoms with van der Waals surface area (Å²) in [6, 6.07) is 0. The molecule has 0 aliphatic heterocycles. The van der Waals surface area contributed by atoms with E-state index in [1.54, 1.807) is 29.2 Å². The zero-order valence-electron chi connectivity index (χ0n) is 10.3. The van der Waals surface area contributed by atoms with Crippen molar-refractivity contribution in [2.24, 2.45) is 0 Å². The molecule has 0 spiro atoms. The molecule has 0 N–H and O–H groups in total. The Balaban J connectivity index is 2.23. The van der Waals surface area contributed by atoms with Gasteiger partial charge >= 0.3 is 0 Å². The van der Waals surface area contributed by atoms with Crippen LogP contribution in [0.15, 0.2) is 11.1 Å². The van der Waals surface area contributed by atoms with Crippen molar-refractivity contribution in [2.75, 3.05) is 0 Å². The molecule has 0 aromatic carbocycles. The second kappa shape index (κ2) is 4.58. The Bertz CT molecular complexity index is 715. The number of hydrogen-bond donors (Lipinski definition) is 0. The summed E-state index contributed by atoms with van der Waals surface area (Å²) in [4.78, 5) is 19.1. The van der Waals surface area contributed by atoms with E-state index in [1.165, 1.54) is 23.3 Å². The average molecular weight is 258 g/mol. The number of thiophene rings is 1. The molecule has 0 atom stereocenters. The van der Waals surface area contributed by atoms with E-state index in [9.17, 15) is 4.79 Å². The average Bonchev–Trinajstić information content (AvgIpc) is 2.77. The van der Waals surface area contributed by atoms with Gasteiger partial charge in [0.05, 0.1) is 18.3 Å². The first-order chi connectivity index (χ1) is 8.81. The smallest absolute Gasteiger partial charge is 0.263 e. The summed E-state index contributed by atoms with van der Waals surface area (Å²) in [6.07, 6.45) is 6.16. The summed E-state index contributed by atoms with van der Waals surface area (Å²) in [5, 5.41) is 0.843. The van der Waals surface area contributed by atoms with Gasteiger partial charge in [-0.3, -0.25) is 9.36 Å². The van der Waals surface area contributed by atoms with Crippen LogP contribution in [0.3, 0.4) is 0 Å². The lowest BCUT2D eigenvalue weighted by molar-refractivity contribution is 0.698. The molecule has 2 aromatic rings. The van der Waals surface area contributed by atoms with E-state index in [4.69, 9.17) is 0 Å². The number of aromatic nitrogens is 2. The highest BCUT2D eigenvalue weighted by Crippen LogP contribution is 2.33. The highest BCUT2D eigenvalue weighted by Gasteiger charge is 2.19. The van der Waals surface area contributed by atoms with Crippen molar-refractivity contribution in [1.29, 1.82) is 0 Å². The summed E-state index contributed by atoms with van der Waals surface area (Å²) in [5.74, 6) is 5.73. The molecule has 0 radical (unpaired) electrons. The molecule has 0 bridgehead atoms. The molecule has 3 rings (SSSR count). The Labute approximate surface area is 109 Å². The maximum absolute atomic E-state index is 12.4. The zero-order chi connectivity index (χ0) is 12.5. The van der Waals surface area contributed by atoms with Gasteiger partial charge in [-0.25, -0.2) is 4.98 Å². The van der Waals surface area contributed by atoms with Crippen LogP contribution in [-0.2, 0) is 19.4 Å². The first-order valence-electron chi connectivity index (χ1n) is 6.20. The van der Waals surface area contributed by atoms with Crippen molar-refractivity contribution < 1.29 is 0 Å². The fraction of sp³-hybridized carbons (Fsp3) is 0.429. The minimum Gasteiger partial charge on any atom is -0.287 e. The SMILES string of the molecule is CC#CCn1cnc2sc3c(c2c1=O)CCCC3. The number of fused-ring (bicyclic) bond motifs is 3. The molecule has 18 heavy (non-hydrogen) atoms. The van der Waals surface area contributed by atoms with Crippen LogP contribution < -0.4 is 5.56 Å². The van der Waals surface area contributed by atoms with Gasteiger partial charge in [0.15, 0.2) is 0 Å². The van der Waals surface area contributed by atoms with Crippen molar-refractivity contribution in [3.05, 3.63) is 27.1 Å². The van der Waals surface area contributed by atoms with E-state index in [0.717, 1.165) is 23.1 Å². The van der Waals surface area contributed by atoms with Gasteiger partial charge in [0.25, 0.3) is 5.56 Å². The fourth-order valence-corrected chi connectivity index (χ4v) is 3.68. The normalized spacial score (nSPS) is 14.1. The van der Waals surface area contributed by atoms with E-state index < -0.39 is 0 Å². The van der Waals surface area contributed by atoms with E-state index in [2.05, 4.69) is 16.8 Å². The van der Waals surface area contributed by atoms with E-state index in [-0.39, 0.29) is 5.56 Å². The quantitative estimate of drug-likeness (QED) is 0.736. The maximum Gasteiger partial charge on any atom is 0.263 e. The Morgan fingerprint density at radius 3 is 3.11 bits per heavy atom. The van der Waals surface area contributed by atoms with Crippen molar-refractivity contribution in [1.82, 2.24) is 9.55 Å². The Morgan fingerprint density at radius 1 is 1.44 bits per heavy atom. The van der Waals surface area contributed by atoms with Gasteiger partial charge in [-0.2, -0.15) is 0 Å². The van der Waals surface area contributed by atoms with Gasteiger partial charge in [0.2, 0.25) is 0 Å². The Kier molecular flexibility index (Phi) is 2.92. The van der Waals surface area contributed by atoms with E-state index in [1.807, 2.05) is 0 Å². The van der Waals surface area contributed by atoms with Crippen molar-refractivity contribution in [3.63, 3.8) is 0 Å². The monoisotopic (exact) mass is 258 g/mol. The lowest BCUT2D eigenvalue weighted by Crippen LogP contribution is -2.20. The molecule has 2 aromatic heterocycles. The molecule has 3 nitrogen and oxygen atoms in total. The molecule has 92 valence electrons. The van der Waals surface area contributed by atoms with Crippen LogP contribution >= 0.6 is 11.3 Å². The Morgan fingerprint density at radius 2 is 2.28 bits per heavy atom. The van der Waals surface area contributed by atoms with Gasteiger partial charge in [0, 0.05) is 4.88 Å². The van der Waals surface area contributed by atoms with Gasteiger partial charge in [0.1, 0.15) is 4.83 Å². The molecule has 0 saturated carbocycles. The lowest BCUT2D eigenvalue weighted by atomic mass is 9.97. The standard InChI is InChI=1S/C14H14N2OS/c1-2-3-8-16-9-15-13-12(14(16)17)10-6-4-5-7-11(10)18-13/h9H,4-8H2,1H3. The molecule has 1 aliphatic rings. The molecular weight excluding hydrogens is 244 g/mol. The van der Waals surface area contributed by atoms with Crippen LogP contribution in [-0.4, -0.2) is 9.55 Å². The highest BCUT2D eigenvalue weighted by atomic mass is 32.1. The van der Waals surface area contributed by atoms with Crippen molar-refractivity contribution >= 4 is 21.6 Å². The molecule has 0 amide bonds. The number of aryl methyl sites for hydroxylation is 2. The first kappa shape index (κ1) is 11.5. The summed E-state index contributed by atoms with van der Waals surface area (Å²) >= 11 is 1.69. The molecule has 0 fully saturated rings. The molecule has 4 heteroatoms. The maximum atomic E-state index is 12.4. The van der Waals surface area contributed by atoms with Crippen LogP contribution in [0.1, 0.15) is 30.2 Å². The third kappa shape index (κ3) is 1.75. The molecular formula is C14H14N2OS. The van der Waals surface area contributed by atoms with Gasteiger partial charge < -0.3 is 0 Å². The predicted octanol–water partition coefficient (Wildman–Crippen LogP) is 2.36. The van der Waals surface area contributed by atoms with Crippen LogP contribution in [0, 0.1) is 11.8 Å². The van der Waals surface area contributed by atoms with Gasteiger partial charge in [-0.05, 0) is 38.2 Å². The fourth-order valence-electron chi connectivity index (χ4n) is 2.46. The van der Waals surface area contributed by atoms with Crippen LogP contribution in [0.5, 0.6) is 0 Å². The summed E-state index contributed by atoms with van der Waals surface area (Å²) in [6.45, 7) is 2.21. The topological polar surface area (TPSA) is 34.9 Å². The first-order valence-corrected chi connectivity index (χ1v) is 7.02. The second-order valence-corrected chi connectivity index (χ2v) is 5.58. The second-order valence-electron chi connectivity index (χ2n) is 4.50. The number of hydrogen-bond acceptors (Lipinski definition) is 3. The number of nitrogens with zero attached hydrogens (tertiary/aromatic N) is 2. The highest BCUT2D eigenvalue weighted by molar-refractivity contribution is 7.18. The van der Waals surface area contributed by atoms with Gasteiger partial charge in [-0.1, -0.05) is 5.92 Å². The summed E-state index contributed by atoms with van der Waals surface area (Å²) < 4.78 is 1.61. The van der Waals surface area contributed by atoms with E-state index >= 15 is 0 Å². The zero-order valence-corrected chi connectivity index (χ0v) is 11.1. The largest absolute Gasteiger partial charge is 0.287 e. The van der Waals surface area contributed by atoms with Crippen LogP contribution in [0.2, 0.25) is 0 Å². The van der Waals surface area contributed by atoms with Crippen molar-refractivity contribution in [3.8, 4) is 11.8 Å². The third-order valence-corrected chi connectivity index (χ3v) is 4.57.